The quantitative estimate of drug-likeness (QED) is 0.854. The number of aryl methyl sites for hydroxylation is 1. The number of nitrogens with zero attached hydrogens (tertiary/aromatic N) is 1. The second-order valence-electron chi connectivity index (χ2n) is 5.22. The summed E-state index contributed by atoms with van der Waals surface area (Å²) in [6.07, 6.45) is 5.95. The number of carbonyl (C=O) groups is 1. The fourth-order valence-corrected chi connectivity index (χ4v) is 3.44. The van der Waals surface area contributed by atoms with Crippen LogP contribution >= 0.6 is 36.2 Å². The van der Waals surface area contributed by atoms with Crippen molar-refractivity contribution in [3.05, 3.63) is 16.1 Å². The highest BCUT2D eigenvalue weighted by molar-refractivity contribution is 7.09. The minimum atomic E-state index is 0. The molecule has 2 rings (SSSR count). The van der Waals surface area contributed by atoms with Gasteiger partial charge in [-0.1, -0.05) is 19.8 Å². The molecule has 1 saturated carbocycles. The molecule has 0 spiro atoms. The molecule has 4 nitrogen and oxygen atoms in total. The van der Waals surface area contributed by atoms with E-state index in [1.165, 1.54) is 12.8 Å². The third kappa shape index (κ3) is 6.10. The fraction of sp³-hybridized carbons (Fsp3) is 0.714. The molecule has 2 unspecified atom stereocenters. The van der Waals surface area contributed by atoms with Crippen LogP contribution in [-0.4, -0.2) is 23.5 Å². The zero-order valence-electron chi connectivity index (χ0n) is 12.3. The first kappa shape index (κ1) is 20.6. The van der Waals surface area contributed by atoms with Gasteiger partial charge in [0.1, 0.15) is 0 Å². The van der Waals surface area contributed by atoms with Crippen LogP contribution in [0.15, 0.2) is 5.38 Å². The number of thiazole rings is 1. The average molecular weight is 354 g/mol. The fourth-order valence-electron chi connectivity index (χ4n) is 2.69. The van der Waals surface area contributed by atoms with Crippen molar-refractivity contribution >= 4 is 42.1 Å². The molecule has 1 amide bonds. The molecule has 1 aliphatic carbocycles. The maximum absolute atomic E-state index is 12.1. The minimum Gasteiger partial charge on any atom is -0.353 e. The highest BCUT2D eigenvalue weighted by atomic mass is 35.5. The molecule has 1 aromatic heterocycles. The van der Waals surface area contributed by atoms with Crippen LogP contribution in [0.2, 0.25) is 0 Å². The van der Waals surface area contributed by atoms with Gasteiger partial charge in [0.05, 0.1) is 17.1 Å². The molecule has 0 saturated heterocycles. The summed E-state index contributed by atoms with van der Waals surface area (Å²) in [5.41, 5.74) is 6.67. The van der Waals surface area contributed by atoms with Crippen LogP contribution < -0.4 is 11.1 Å². The number of hydrogen-bond acceptors (Lipinski definition) is 4. The van der Waals surface area contributed by atoms with E-state index in [4.69, 9.17) is 5.73 Å². The van der Waals surface area contributed by atoms with E-state index in [1.807, 2.05) is 5.38 Å². The average Bonchev–Trinajstić information content (AvgIpc) is 2.87. The number of carbonyl (C=O) groups excluding carboxylic acids is 1. The van der Waals surface area contributed by atoms with Crippen molar-refractivity contribution in [2.75, 3.05) is 6.54 Å². The van der Waals surface area contributed by atoms with Gasteiger partial charge in [-0.15, -0.1) is 36.2 Å². The van der Waals surface area contributed by atoms with Crippen LogP contribution in [0.4, 0.5) is 0 Å². The zero-order chi connectivity index (χ0) is 13.7. The molecular weight excluding hydrogens is 329 g/mol. The van der Waals surface area contributed by atoms with Crippen molar-refractivity contribution in [1.82, 2.24) is 10.3 Å². The van der Waals surface area contributed by atoms with Crippen LogP contribution in [0.5, 0.6) is 0 Å². The molecule has 0 aliphatic heterocycles. The third-order valence-corrected chi connectivity index (χ3v) is 4.84. The van der Waals surface area contributed by atoms with Gasteiger partial charge in [-0.3, -0.25) is 4.79 Å². The Hall–Kier alpha value is -0.360. The normalized spacial score (nSPS) is 21.0. The first-order valence-electron chi connectivity index (χ1n) is 7.15. The van der Waals surface area contributed by atoms with Crippen molar-refractivity contribution in [3.63, 3.8) is 0 Å². The Bertz CT molecular complexity index is 428. The first-order chi connectivity index (χ1) is 9.22. The van der Waals surface area contributed by atoms with Gasteiger partial charge in [0.15, 0.2) is 0 Å². The lowest BCUT2D eigenvalue weighted by Gasteiger charge is -2.31. The highest BCUT2D eigenvalue weighted by Crippen LogP contribution is 2.23. The van der Waals surface area contributed by atoms with Gasteiger partial charge in [-0.05, 0) is 31.7 Å². The summed E-state index contributed by atoms with van der Waals surface area (Å²) in [6, 6.07) is 0.260. The molecule has 3 N–H and O–H groups in total. The molecule has 2 atom stereocenters. The molecule has 21 heavy (non-hydrogen) atoms. The molecule has 0 aromatic carbocycles. The highest BCUT2D eigenvalue weighted by Gasteiger charge is 2.25. The Labute approximate surface area is 143 Å². The lowest BCUT2D eigenvalue weighted by molar-refractivity contribution is -0.121. The van der Waals surface area contributed by atoms with Gasteiger partial charge < -0.3 is 11.1 Å². The van der Waals surface area contributed by atoms with Crippen molar-refractivity contribution in [1.29, 1.82) is 0 Å². The van der Waals surface area contributed by atoms with E-state index in [-0.39, 0.29) is 36.8 Å². The summed E-state index contributed by atoms with van der Waals surface area (Å²) < 4.78 is 0. The number of nitrogens with two attached hydrogens (primary N) is 1. The van der Waals surface area contributed by atoms with Crippen molar-refractivity contribution < 1.29 is 4.79 Å². The molecule has 0 radical (unpaired) electrons. The number of amides is 1. The SMILES string of the molecule is CCc1nc(CC(=O)NC2CCCCC2CN)cs1.Cl.Cl. The van der Waals surface area contributed by atoms with Crippen molar-refractivity contribution in [2.45, 2.75) is 51.5 Å². The van der Waals surface area contributed by atoms with Crippen LogP contribution in [0.3, 0.4) is 0 Å². The molecule has 122 valence electrons. The van der Waals surface area contributed by atoms with E-state index in [2.05, 4.69) is 17.2 Å². The third-order valence-electron chi connectivity index (χ3n) is 3.80. The molecular formula is C14H25Cl2N3OS. The number of nitrogens with one attached hydrogen (secondary N) is 1. The van der Waals surface area contributed by atoms with E-state index in [0.29, 0.717) is 18.9 Å². The van der Waals surface area contributed by atoms with E-state index in [9.17, 15) is 4.79 Å². The number of rotatable bonds is 5. The summed E-state index contributed by atoms with van der Waals surface area (Å²) in [4.78, 5) is 16.5. The van der Waals surface area contributed by atoms with E-state index in [1.54, 1.807) is 11.3 Å². The lowest BCUT2D eigenvalue weighted by atomic mass is 9.84. The Morgan fingerprint density at radius 1 is 1.43 bits per heavy atom. The van der Waals surface area contributed by atoms with E-state index < -0.39 is 0 Å². The maximum Gasteiger partial charge on any atom is 0.226 e. The topological polar surface area (TPSA) is 68.0 Å². The summed E-state index contributed by atoms with van der Waals surface area (Å²) in [6.45, 7) is 2.75. The van der Waals surface area contributed by atoms with E-state index in [0.717, 1.165) is 30.0 Å². The number of halogens is 2. The second kappa shape index (κ2) is 10.4. The summed E-state index contributed by atoms with van der Waals surface area (Å²) >= 11 is 1.63. The molecule has 1 aliphatic rings. The monoisotopic (exact) mass is 353 g/mol. The van der Waals surface area contributed by atoms with Gasteiger partial charge in [-0.2, -0.15) is 0 Å². The standard InChI is InChI=1S/C14H23N3OS.2ClH/c1-2-14-16-11(9-19-14)7-13(18)17-12-6-4-3-5-10(12)8-15;;/h9-10,12H,2-8,15H2,1H3,(H,17,18);2*1H. The lowest BCUT2D eigenvalue weighted by Crippen LogP contribution is -2.45. The van der Waals surface area contributed by atoms with Crippen LogP contribution in [0.1, 0.15) is 43.3 Å². The molecule has 1 aromatic rings. The van der Waals surface area contributed by atoms with Crippen molar-refractivity contribution in [3.8, 4) is 0 Å². The molecule has 0 bridgehead atoms. The maximum atomic E-state index is 12.1. The Kier molecular flexibility index (Phi) is 10.2. The number of hydrogen-bond donors (Lipinski definition) is 2. The van der Waals surface area contributed by atoms with Crippen LogP contribution in [0, 0.1) is 5.92 Å². The smallest absolute Gasteiger partial charge is 0.226 e. The Balaban J connectivity index is 0.00000200. The molecule has 1 fully saturated rings. The van der Waals surface area contributed by atoms with Gasteiger partial charge in [-0.25, -0.2) is 4.98 Å². The molecule has 7 heteroatoms. The Morgan fingerprint density at radius 3 is 2.76 bits per heavy atom. The largest absolute Gasteiger partial charge is 0.353 e. The predicted octanol–water partition coefficient (Wildman–Crippen LogP) is 2.73. The Morgan fingerprint density at radius 2 is 2.14 bits per heavy atom. The predicted molar refractivity (Wildman–Crippen MR) is 92.6 cm³/mol. The van der Waals surface area contributed by atoms with Gasteiger partial charge in [0.2, 0.25) is 5.91 Å². The second-order valence-corrected chi connectivity index (χ2v) is 6.16. The van der Waals surface area contributed by atoms with Crippen LogP contribution in [-0.2, 0) is 17.6 Å². The van der Waals surface area contributed by atoms with Gasteiger partial charge in [0.25, 0.3) is 0 Å². The summed E-state index contributed by atoms with van der Waals surface area (Å²) in [7, 11) is 0. The van der Waals surface area contributed by atoms with Crippen LogP contribution in [0.25, 0.3) is 0 Å². The minimum absolute atomic E-state index is 0. The summed E-state index contributed by atoms with van der Waals surface area (Å²) in [5.74, 6) is 0.526. The van der Waals surface area contributed by atoms with Crippen molar-refractivity contribution in [2.24, 2.45) is 11.7 Å². The number of aromatic nitrogens is 1. The summed E-state index contributed by atoms with van der Waals surface area (Å²) in [5, 5.41) is 6.22. The molecule has 1 heterocycles. The zero-order valence-corrected chi connectivity index (χ0v) is 14.8. The van der Waals surface area contributed by atoms with Gasteiger partial charge in [0, 0.05) is 11.4 Å². The van der Waals surface area contributed by atoms with Gasteiger partial charge >= 0.3 is 0 Å². The van der Waals surface area contributed by atoms with E-state index >= 15 is 0 Å². The first-order valence-corrected chi connectivity index (χ1v) is 8.03.